The number of nitrogens with zero attached hydrogens (tertiary/aromatic N) is 3. The van der Waals surface area contributed by atoms with E-state index in [1.807, 2.05) is 37.2 Å². The zero-order valence-corrected chi connectivity index (χ0v) is 11.5. The second kappa shape index (κ2) is 5.10. The number of morpholine rings is 1. The summed E-state index contributed by atoms with van der Waals surface area (Å²) in [5.41, 5.74) is 0.659. The van der Waals surface area contributed by atoms with E-state index in [0.29, 0.717) is 18.8 Å². The number of imidazole rings is 1. The Morgan fingerprint density at radius 1 is 1.39 bits per heavy atom. The molecule has 1 fully saturated rings. The number of rotatable bonds is 2. The average Bonchev–Trinajstić information content (AvgIpc) is 2.75. The van der Waals surface area contributed by atoms with Crippen LogP contribution in [0.2, 0.25) is 0 Å². The molecule has 2 heterocycles. The van der Waals surface area contributed by atoms with Gasteiger partial charge in [0.1, 0.15) is 5.69 Å². The first-order valence-corrected chi connectivity index (χ1v) is 6.45. The van der Waals surface area contributed by atoms with Gasteiger partial charge in [-0.1, -0.05) is 0 Å². The first kappa shape index (κ1) is 13.1. The van der Waals surface area contributed by atoms with Crippen LogP contribution in [-0.4, -0.2) is 45.7 Å². The van der Waals surface area contributed by atoms with Gasteiger partial charge in [0.15, 0.2) is 0 Å². The number of hydrogen-bond acceptors (Lipinski definition) is 3. The first-order chi connectivity index (χ1) is 8.49. The summed E-state index contributed by atoms with van der Waals surface area (Å²) in [7, 11) is 0. The van der Waals surface area contributed by atoms with E-state index in [2.05, 4.69) is 4.98 Å². The molecular weight excluding hydrogens is 230 g/mol. The fourth-order valence-electron chi connectivity index (χ4n) is 2.39. The summed E-state index contributed by atoms with van der Waals surface area (Å²) in [6.07, 6.45) is 3.54. The van der Waals surface area contributed by atoms with Gasteiger partial charge in [-0.05, 0) is 27.7 Å². The largest absolute Gasteiger partial charge is 0.372 e. The van der Waals surface area contributed by atoms with Gasteiger partial charge in [0.05, 0.1) is 24.7 Å². The highest BCUT2D eigenvalue weighted by Gasteiger charge is 2.28. The average molecular weight is 251 g/mol. The maximum absolute atomic E-state index is 12.5. The lowest BCUT2D eigenvalue weighted by Crippen LogP contribution is -2.48. The molecule has 2 atom stereocenters. The molecule has 5 heteroatoms. The Morgan fingerprint density at radius 2 is 2.00 bits per heavy atom. The van der Waals surface area contributed by atoms with Gasteiger partial charge >= 0.3 is 0 Å². The summed E-state index contributed by atoms with van der Waals surface area (Å²) in [5, 5.41) is 0. The summed E-state index contributed by atoms with van der Waals surface area (Å²) in [6.45, 7) is 9.37. The summed E-state index contributed by atoms with van der Waals surface area (Å²) < 4.78 is 7.56. The minimum atomic E-state index is 0.0446. The third kappa shape index (κ3) is 2.56. The molecule has 0 unspecified atom stereocenters. The second-order valence-corrected chi connectivity index (χ2v) is 5.25. The topological polar surface area (TPSA) is 47.4 Å². The van der Waals surface area contributed by atoms with Crippen LogP contribution in [0.15, 0.2) is 12.5 Å². The van der Waals surface area contributed by atoms with Crippen molar-refractivity contribution < 1.29 is 9.53 Å². The van der Waals surface area contributed by atoms with E-state index in [0.717, 1.165) is 0 Å². The van der Waals surface area contributed by atoms with E-state index >= 15 is 0 Å². The fourth-order valence-corrected chi connectivity index (χ4v) is 2.39. The Balaban J connectivity index is 2.18. The first-order valence-electron chi connectivity index (χ1n) is 6.45. The van der Waals surface area contributed by atoms with Crippen LogP contribution in [0.1, 0.15) is 44.2 Å². The molecule has 1 aromatic rings. The predicted octanol–water partition coefficient (Wildman–Crippen LogP) is 1.71. The number of carbonyl (C=O) groups is 1. The maximum Gasteiger partial charge on any atom is 0.272 e. The van der Waals surface area contributed by atoms with Crippen molar-refractivity contribution in [3.05, 3.63) is 18.2 Å². The van der Waals surface area contributed by atoms with Gasteiger partial charge in [0.25, 0.3) is 5.91 Å². The molecule has 0 N–H and O–H groups in total. The van der Waals surface area contributed by atoms with Crippen LogP contribution >= 0.6 is 0 Å². The van der Waals surface area contributed by atoms with Gasteiger partial charge in [0, 0.05) is 19.1 Å². The molecule has 1 aliphatic heterocycles. The van der Waals surface area contributed by atoms with Crippen LogP contribution in [0, 0.1) is 0 Å². The van der Waals surface area contributed by atoms with Gasteiger partial charge in [0.2, 0.25) is 0 Å². The summed E-state index contributed by atoms with van der Waals surface area (Å²) in [4.78, 5) is 18.4. The van der Waals surface area contributed by atoms with Crippen molar-refractivity contribution in [1.29, 1.82) is 0 Å². The molecule has 0 spiro atoms. The zero-order chi connectivity index (χ0) is 13.3. The Kier molecular flexibility index (Phi) is 3.71. The molecule has 18 heavy (non-hydrogen) atoms. The zero-order valence-electron chi connectivity index (χ0n) is 11.5. The molecule has 0 aromatic carbocycles. The number of hydrogen-bond donors (Lipinski definition) is 0. The van der Waals surface area contributed by atoms with Crippen LogP contribution in [0.4, 0.5) is 0 Å². The molecule has 1 aliphatic rings. The number of carbonyl (C=O) groups excluding carboxylic acids is 1. The van der Waals surface area contributed by atoms with Crippen molar-refractivity contribution in [3.8, 4) is 0 Å². The van der Waals surface area contributed by atoms with Crippen LogP contribution in [0.25, 0.3) is 0 Å². The van der Waals surface area contributed by atoms with E-state index in [1.54, 1.807) is 12.5 Å². The van der Waals surface area contributed by atoms with Gasteiger partial charge in [-0.2, -0.15) is 0 Å². The molecule has 1 aromatic heterocycles. The normalized spacial score (nSPS) is 24.6. The van der Waals surface area contributed by atoms with Gasteiger partial charge in [-0.25, -0.2) is 4.98 Å². The van der Waals surface area contributed by atoms with Crippen LogP contribution in [0.5, 0.6) is 0 Å². The molecule has 0 radical (unpaired) electrons. The number of amides is 1. The standard InChI is InChI=1S/C13H21N3O2/c1-9(2)16-8-14-5-12(16)13(17)15-6-10(3)18-11(4)7-15/h5,8-11H,6-7H2,1-4H3/t10-,11+. The molecular formula is C13H21N3O2. The molecule has 2 rings (SSSR count). The molecule has 1 amide bonds. The number of aromatic nitrogens is 2. The molecule has 0 bridgehead atoms. The minimum Gasteiger partial charge on any atom is -0.372 e. The van der Waals surface area contributed by atoms with E-state index < -0.39 is 0 Å². The van der Waals surface area contributed by atoms with Gasteiger partial charge in [-0.3, -0.25) is 4.79 Å². The quantitative estimate of drug-likeness (QED) is 0.804. The maximum atomic E-state index is 12.5. The molecule has 1 saturated heterocycles. The van der Waals surface area contributed by atoms with E-state index in [9.17, 15) is 4.79 Å². The highest BCUT2D eigenvalue weighted by atomic mass is 16.5. The molecule has 0 saturated carbocycles. The SMILES string of the molecule is CC(C)n1cncc1C(=O)N1C[C@@H](C)O[C@@H](C)C1. The lowest BCUT2D eigenvalue weighted by molar-refractivity contribution is -0.0588. The van der Waals surface area contributed by atoms with Crippen LogP contribution in [0.3, 0.4) is 0 Å². The van der Waals surface area contributed by atoms with E-state index in [1.165, 1.54) is 0 Å². The predicted molar refractivity (Wildman–Crippen MR) is 68.5 cm³/mol. The van der Waals surface area contributed by atoms with Crippen LogP contribution < -0.4 is 0 Å². The van der Waals surface area contributed by atoms with Crippen molar-refractivity contribution >= 4 is 5.91 Å². The van der Waals surface area contributed by atoms with Crippen molar-refractivity contribution in [1.82, 2.24) is 14.5 Å². The summed E-state index contributed by atoms with van der Waals surface area (Å²) in [6, 6.07) is 0.238. The highest BCUT2D eigenvalue weighted by Crippen LogP contribution is 2.16. The summed E-state index contributed by atoms with van der Waals surface area (Å²) in [5.74, 6) is 0.0446. The second-order valence-electron chi connectivity index (χ2n) is 5.25. The van der Waals surface area contributed by atoms with E-state index in [4.69, 9.17) is 4.74 Å². The van der Waals surface area contributed by atoms with Crippen molar-refractivity contribution in [3.63, 3.8) is 0 Å². The minimum absolute atomic E-state index is 0.0446. The lowest BCUT2D eigenvalue weighted by Gasteiger charge is -2.35. The third-order valence-corrected chi connectivity index (χ3v) is 3.15. The Labute approximate surface area is 108 Å². The van der Waals surface area contributed by atoms with Crippen molar-refractivity contribution in [2.45, 2.75) is 45.9 Å². The Bertz CT molecular complexity index is 418. The lowest BCUT2D eigenvalue weighted by atomic mass is 10.2. The smallest absolute Gasteiger partial charge is 0.272 e. The monoisotopic (exact) mass is 251 g/mol. The molecule has 0 aliphatic carbocycles. The Hall–Kier alpha value is -1.36. The van der Waals surface area contributed by atoms with Crippen LogP contribution in [-0.2, 0) is 4.74 Å². The summed E-state index contributed by atoms with van der Waals surface area (Å²) >= 11 is 0. The van der Waals surface area contributed by atoms with E-state index in [-0.39, 0.29) is 24.2 Å². The van der Waals surface area contributed by atoms with Gasteiger partial charge in [-0.15, -0.1) is 0 Å². The number of ether oxygens (including phenoxy) is 1. The highest BCUT2D eigenvalue weighted by molar-refractivity contribution is 5.92. The Morgan fingerprint density at radius 3 is 2.56 bits per heavy atom. The molecule has 5 nitrogen and oxygen atoms in total. The van der Waals surface area contributed by atoms with Gasteiger partial charge < -0.3 is 14.2 Å². The molecule has 100 valence electrons. The van der Waals surface area contributed by atoms with Crippen molar-refractivity contribution in [2.24, 2.45) is 0 Å². The fraction of sp³-hybridized carbons (Fsp3) is 0.692. The van der Waals surface area contributed by atoms with Crippen molar-refractivity contribution in [2.75, 3.05) is 13.1 Å². The third-order valence-electron chi connectivity index (χ3n) is 3.15.